The van der Waals surface area contributed by atoms with Gasteiger partial charge in [-0.25, -0.2) is 16.8 Å². The molecule has 0 aliphatic carbocycles. The summed E-state index contributed by atoms with van der Waals surface area (Å²) in [4.78, 5) is 0. The highest BCUT2D eigenvalue weighted by molar-refractivity contribution is 7.92. The van der Waals surface area contributed by atoms with E-state index in [2.05, 4.69) is 9.82 Å². The van der Waals surface area contributed by atoms with E-state index < -0.39 is 26.1 Å². The molecule has 1 aliphatic rings. The van der Waals surface area contributed by atoms with E-state index in [0.29, 0.717) is 17.8 Å². The number of hydrogen-bond donors (Lipinski definition) is 1. The zero-order valence-electron chi connectivity index (χ0n) is 16.0. The Balaban J connectivity index is 1.90. The second kappa shape index (κ2) is 7.56. The molecule has 0 amide bonds. The lowest BCUT2D eigenvalue weighted by atomic mass is 9.98. The summed E-state index contributed by atoms with van der Waals surface area (Å²) in [6.45, 7) is 3.52. The van der Waals surface area contributed by atoms with Gasteiger partial charge in [0.25, 0.3) is 0 Å². The average molecular weight is 422 g/mol. The van der Waals surface area contributed by atoms with Crippen LogP contribution in [0.15, 0.2) is 53.6 Å². The Bertz CT molecular complexity index is 1110. The first-order chi connectivity index (χ1) is 13.1. The van der Waals surface area contributed by atoms with Gasteiger partial charge in [-0.3, -0.25) is 4.72 Å². The van der Waals surface area contributed by atoms with Crippen molar-refractivity contribution in [1.29, 1.82) is 0 Å². The normalized spacial score (nSPS) is 17.5. The van der Waals surface area contributed by atoms with Gasteiger partial charge in [0.1, 0.15) is 0 Å². The number of nitrogens with one attached hydrogen (secondary N) is 1. The molecule has 0 bridgehead atoms. The smallest absolute Gasteiger partial charge is 0.247 e. The van der Waals surface area contributed by atoms with Gasteiger partial charge in [0.2, 0.25) is 20.0 Å². The molecule has 1 heterocycles. The molecule has 0 unspecified atom stereocenters. The summed E-state index contributed by atoms with van der Waals surface area (Å²) in [5.41, 5.74) is 3.79. The molecule has 0 aromatic heterocycles. The van der Waals surface area contributed by atoms with Crippen molar-refractivity contribution < 1.29 is 16.8 Å². The van der Waals surface area contributed by atoms with Crippen LogP contribution in [0.5, 0.6) is 0 Å². The highest BCUT2D eigenvalue weighted by Crippen LogP contribution is 2.35. The molecular weight excluding hydrogens is 398 g/mol. The predicted molar refractivity (Wildman–Crippen MR) is 111 cm³/mol. The van der Waals surface area contributed by atoms with Crippen molar-refractivity contribution in [3.05, 3.63) is 65.2 Å². The highest BCUT2D eigenvalue weighted by Gasteiger charge is 2.34. The molecule has 0 saturated carbocycles. The molecule has 1 aliphatic heterocycles. The Kier molecular flexibility index (Phi) is 5.49. The maximum Gasteiger partial charge on any atom is 0.247 e. The molecule has 0 radical (unpaired) electrons. The molecule has 150 valence electrons. The minimum absolute atomic E-state index is 0.0110. The Morgan fingerprint density at radius 3 is 2.36 bits per heavy atom. The van der Waals surface area contributed by atoms with E-state index in [1.54, 1.807) is 31.2 Å². The van der Waals surface area contributed by atoms with Crippen molar-refractivity contribution >= 4 is 31.4 Å². The van der Waals surface area contributed by atoms with Gasteiger partial charge in [0.05, 0.1) is 23.8 Å². The first-order valence-electron chi connectivity index (χ1n) is 8.83. The van der Waals surface area contributed by atoms with Crippen molar-refractivity contribution in [2.75, 3.05) is 16.7 Å². The Morgan fingerprint density at radius 1 is 1.11 bits per heavy atom. The number of aryl methyl sites for hydroxylation is 1. The topological polar surface area (TPSA) is 95.9 Å². The van der Waals surface area contributed by atoms with Crippen LogP contribution in [0, 0.1) is 6.92 Å². The summed E-state index contributed by atoms with van der Waals surface area (Å²) >= 11 is 0. The first-order valence-corrected chi connectivity index (χ1v) is 12.3. The second-order valence-electron chi connectivity index (χ2n) is 6.80. The number of hydrazone groups is 1. The summed E-state index contributed by atoms with van der Waals surface area (Å²) in [5, 5.41) is 4.36. The number of hydrogen-bond acceptors (Lipinski definition) is 5. The quantitative estimate of drug-likeness (QED) is 0.776. The Hall–Kier alpha value is -2.39. The lowest BCUT2D eigenvalue weighted by molar-refractivity contribution is 0.374. The van der Waals surface area contributed by atoms with Crippen molar-refractivity contribution in [2.45, 2.75) is 26.3 Å². The molecule has 1 N–H and O–H groups in total. The van der Waals surface area contributed by atoms with Gasteiger partial charge in [-0.15, -0.1) is 0 Å². The van der Waals surface area contributed by atoms with Gasteiger partial charge in [-0.2, -0.15) is 9.52 Å². The monoisotopic (exact) mass is 421 g/mol. The molecule has 28 heavy (non-hydrogen) atoms. The fourth-order valence-corrected chi connectivity index (χ4v) is 4.62. The van der Waals surface area contributed by atoms with E-state index in [9.17, 15) is 16.8 Å². The summed E-state index contributed by atoms with van der Waals surface area (Å²) in [5.74, 6) is -0.0110. The van der Waals surface area contributed by atoms with Gasteiger partial charge in [0.15, 0.2) is 0 Å². The van der Waals surface area contributed by atoms with Gasteiger partial charge in [-0.1, -0.05) is 42.0 Å². The van der Waals surface area contributed by atoms with Crippen LogP contribution in [0.2, 0.25) is 0 Å². The summed E-state index contributed by atoms with van der Waals surface area (Å²) < 4.78 is 51.5. The lowest BCUT2D eigenvalue weighted by Crippen LogP contribution is -2.25. The van der Waals surface area contributed by atoms with Crippen LogP contribution in [-0.2, 0) is 20.0 Å². The maximum atomic E-state index is 12.3. The molecule has 9 heteroatoms. The highest BCUT2D eigenvalue weighted by atomic mass is 32.2. The van der Waals surface area contributed by atoms with Gasteiger partial charge in [-0.05, 0) is 37.1 Å². The summed E-state index contributed by atoms with van der Waals surface area (Å²) in [7, 11) is -6.88. The fourth-order valence-electron chi connectivity index (χ4n) is 3.08. The van der Waals surface area contributed by atoms with Crippen molar-refractivity contribution in [3.63, 3.8) is 0 Å². The molecule has 2 aromatic rings. The molecule has 0 saturated heterocycles. The van der Waals surface area contributed by atoms with Crippen molar-refractivity contribution in [1.82, 2.24) is 4.41 Å². The number of nitrogens with zero attached hydrogens (tertiary/aromatic N) is 2. The van der Waals surface area contributed by atoms with Crippen LogP contribution in [0.3, 0.4) is 0 Å². The second-order valence-corrected chi connectivity index (χ2v) is 10.7. The van der Waals surface area contributed by atoms with E-state index >= 15 is 0 Å². The van der Waals surface area contributed by atoms with Crippen LogP contribution < -0.4 is 4.72 Å². The van der Waals surface area contributed by atoms with Crippen molar-refractivity contribution in [3.8, 4) is 0 Å². The van der Waals surface area contributed by atoms with E-state index in [0.717, 1.165) is 27.4 Å². The standard InChI is InChI=1S/C19H23N3O4S2/c1-4-28(25,26)21-17-10-8-15(9-11-17)18-13-19(22(20-18)27(3,23)24)16-7-5-6-14(2)12-16/h5-12,19,21H,4,13H2,1-3H3/t19-/m1/s1. The van der Waals surface area contributed by atoms with Gasteiger partial charge < -0.3 is 0 Å². The van der Waals surface area contributed by atoms with Crippen LogP contribution in [0.4, 0.5) is 5.69 Å². The third-order valence-electron chi connectivity index (χ3n) is 4.51. The predicted octanol–water partition coefficient (Wildman–Crippen LogP) is 2.87. The van der Waals surface area contributed by atoms with Crippen LogP contribution >= 0.6 is 0 Å². The number of anilines is 1. The molecule has 7 nitrogen and oxygen atoms in total. The molecule has 3 rings (SSSR count). The zero-order valence-corrected chi connectivity index (χ0v) is 17.6. The molecular formula is C19H23N3O4S2. The third-order valence-corrected chi connectivity index (χ3v) is 6.83. The largest absolute Gasteiger partial charge is 0.284 e. The Labute approximate surface area is 166 Å². The summed E-state index contributed by atoms with van der Waals surface area (Å²) in [6, 6.07) is 14.1. The van der Waals surface area contributed by atoms with Crippen LogP contribution in [0.1, 0.15) is 36.1 Å². The van der Waals surface area contributed by atoms with Crippen LogP contribution in [-0.4, -0.2) is 39.0 Å². The van der Waals surface area contributed by atoms with Gasteiger partial charge in [0, 0.05) is 12.1 Å². The van der Waals surface area contributed by atoms with Gasteiger partial charge >= 0.3 is 0 Å². The molecule has 2 aromatic carbocycles. The van der Waals surface area contributed by atoms with Crippen molar-refractivity contribution in [2.24, 2.45) is 5.10 Å². The molecule has 1 atom stereocenters. The zero-order chi connectivity index (χ0) is 20.5. The molecule has 0 spiro atoms. The van der Waals surface area contributed by atoms with E-state index in [1.165, 1.54) is 0 Å². The van der Waals surface area contributed by atoms with E-state index in [-0.39, 0.29) is 5.75 Å². The number of benzene rings is 2. The Morgan fingerprint density at radius 2 is 1.79 bits per heavy atom. The third kappa shape index (κ3) is 4.53. The fraction of sp³-hybridized carbons (Fsp3) is 0.316. The average Bonchev–Trinajstić information content (AvgIpc) is 3.08. The number of sulfonamides is 2. The van der Waals surface area contributed by atoms with E-state index in [1.807, 2.05) is 31.2 Å². The lowest BCUT2D eigenvalue weighted by Gasteiger charge is -2.21. The maximum absolute atomic E-state index is 12.3. The first kappa shape index (κ1) is 20.3. The van der Waals surface area contributed by atoms with Crippen LogP contribution in [0.25, 0.3) is 0 Å². The minimum Gasteiger partial charge on any atom is -0.284 e. The summed E-state index contributed by atoms with van der Waals surface area (Å²) in [6.07, 6.45) is 1.58. The minimum atomic E-state index is -3.54. The molecule has 0 fully saturated rings. The number of rotatable bonds is 6. The van der Waals surface area contributed by atoms with E-state index in [4.69, 9.17) is 0 Å². The SMILES string of the molecule is CCS(=O)(=O)Nc1ccc(C2=NN(S(C)(=O)=O)[C@@H](c3cccc(C)c3)C2)cc1.